The number of aliphatic carboxylic acids is 1. The Morgan fingerprint density at radius 1 is 1.56 bits per heavy atom. The van der Waals surface area contributed by atoms with Gasteiger partial charge in [-0.1, -0.05) is 0 Å². The Hall–Kier alpha value is -2.11. The van der Waals surface area contributed by atoms with Crippen LogP contribution >= 0.6 is 0 Å². The summed E-state index contributed by atoms with van der Waals surface area (Å²) in [7, 11) is 0. The fourth-order valence-corrected chi connectivity index (χ4v) is 1.65. The molecule has 1 unspecified atom stereocenters. The summed E-state index contributed by atoms with van der Waals surface area (Å²) in [5.41, 5.74) is 5.98. The zero-order chi connectivity index (χ0) is 11.7. The molecule has 1 amide bonds. The SMILES string of the molecule is Nc1ccc(N2CC(C(=O)O)CC2=O)nc1. The Morgan fingerprint density at radius 3 is 2.81 bits per heavy atom. The third-order valence-electron chi connectivity index (χ3n) is 2.52. The average Bonchev–Trinajstić information content (AvgIpc) is 2.62. The van der Waals surface area contributed by atoms with Gasteiger partial charge in [0.05, 0.1) is 17.8 Å². The Kier molecular flexibility index (Phi) is 2.47. The number of anilines is 2. The molecular weight excluding hydrogens is 210 g/mol. The van der Waals surface area contributed by atoms with E-state index >= 15 is 0 Å². The Bertz CT molecular complexity index is 429. The molecular formula is C10H11N3O3. The van der Waals surface area contributed by atoms with Crippen molar-refractivity contribution in [2.24, 2.45) is 5.92 Å². The molecule has 0 spiro atoms. The van der Waals surface area contributed by atoms with Gasteiger partial charge in [0, 0.05) is 13.0 Å². The lowest BCUT2D eigenvalue weighted by molar-refractivity contribution is -0.141. The smallest absolute Gasteiger partial charge is 0.308 e. The van der Waals surface area contributed by atoms with Gasteiger partial charge >= 0.3 is 5.97 Å². The van der Waals surface area contributed by atoms with Crippen LogP contribution in [0.4, 0.5) is 11.5 Å². The molecule has 1 aromatic heterocycles. The summed E-state index contributed by atoms with van der Waals surface area (Å²) in [5, 5.41) is 8.82. The Balaban J connectivity index is 2.20. The topological polar surface area (TPSA) is 96.5 Å². The minimum atomic E-state index is -0.953. The normalized spacial score (nSPS) is 20.1. The third kappa shape index (κ3) is 1.81. The molecule has 6 heteroatoms. The second kappa shape index (κ2) is 3.80. The summed E-state index contributed by atoms with van der Waals surface area (Å²) in [6.07, 6.45) is 1.47. The molecule has 1 aliphatic rings. The van der Waals surface area contributed by atoms with Crippen LogP contribution in [-0.4, -0.2) is 28.5 Å². The number of nitrogens with two attached hydrogens (primary N) is 1. The van der Waals surface area contributed by atoms with Crippen LogP contribution in [0.15, 0.2) is 18.3 Å². The molecule has 0 bridgehead atoms. The van der Waals surface area contributed by atoms with E-state index in [0.717, 1.165) is 0 Å². The Labute approximate surface area is 91.7 Å². The fraction of sp³-hybridized carbons (Fsp3) is 0.300. The van der Waals surface area contributed by atoms with Crippen LogP contribution in [0, 0.1) is 5.92 Å². The van der Waals surface area contributed by atoms with Crippen molar-refractivity contribution in [3.05, 3.63) is 18.3 Å². The highest BCUT2D eigenvalue weighted by atomic mass is 16.4. The van der Waals surface area contributed by atoms with E-state index < -0.39 is 11.9 Å². The second-order valence-electron chi connectivity index (χ2n) is 3.69. The second-order valence-corrected chi connectivity index (χ2v) is 3.69. The molecule has 84 valence electrons. The van der Waals surface area contributed by atoms with Crippen LogP contribution in [0.5, 0.6) is 0 Å². The summed E-state index contributed by atoms with van der Waals surface area (Å²) in [4.78, 5) is 27.7. The van der Waals surface area contributed by atoms with Gasteiger partial charge in [0.15, 0.2) is 0 Å². The van der Waals surface area contributed by atoms with E-state index in [0.29, 0.717) is 11.5 Å². The molecule has 0 aromatic carbocycles. The minimum Gasteiger partial charge on any atom is -0.481 e. The summed E-state index contributed by atoms with van der Waals surface area (Å²) < 4.78 is 0. The maximum atomic E-state index is 11.6. The first-order valence-corrected chi connectivity index (χ1v) is 4.82. The molecule has 2 heterocycles. The van der Waals surface area contributed by atoms with Crippen molar-refractivity contribution < 1.29 is 14.7 Å². The minimum absolute atomic E-state index is 0.0292. The van der Waals surface area contributed by atoms with Gasteiger partial charge in [-0.15, -0.1) is 0 Å². The van der Waals surface area contributed by atoms with Crippen LogP contribution in [0.3, 0.4) is 0 Å². The Morgan fingerprint density at radius 2 is 2.31 bits per heavy atom. The number of carbonyl (C=O) groups excluding carboxylic acids is 1. The number of nitrogens with zero attached hydrogens (tertiary/aromatic N) is 2. The number of amides is 1. The van der Waals surface area contributed by atoms with Gasteiger partial charge in [-0.05, 0) is 12.1 Å². The van der Waals surface area contributed by atoms with Crippen molar-refractivity contribution in [2.75, 3.05) is 17.2 Å². The molecule has 1 saturated heterocycles. The molecule has 0 saturated carbocycles. The molecule has 1 atom stereocenters. The molecule has 1 fully saturated rings. The summed E-state index contributed by atoms with van der Waals surface area (Å²) >= 11 is 0. The number of hydrogen-bond acceptors (Lipinski definition) is 4. The molecule has 2 rings (SSSR count). The van der Waals surface area contributed by atoms with Crippen molar-refractivity contribution in [3.8, 4) is 0 Å². The first kappa shape index (κ1) is 10.4. The van der Waals surface area contributed by atoms with E-state index in [-0.39, 0.29) is 18.9 Å². The van der Waals surface area contributed by atoms with Crippen LogP contribution in [-0.2, 0) is 9.59 Å². The number of aromatic nitrogens is 1. The molecule has 1 aliphatic heterocycles. The number of nitrogen functional groups attached to an aromatic ring is 1. The summed E-state index contributed by atoms with van der Waals surface area (Å²) in [5.74, 6) is -1.37. The number of rotatable bonds is 2. The van der Waals surface area contributed by atoms with Crippen molar-refractivity contribution in [1.82, 2.24) is 4.98 Å². The lowest BCUT2D eigenvalue weighted by Gasteiger charge is -2.14. The molecule has 3 N–H and O–H groups in total. The van der Waals surface area contributed by atoms with Crippen molar-refractivity contribution in [2.45, 2.75) is 6.42 Å². The molecule has 16 heavy (non-hydrogen) atoms. The number of hydrogen-bond donors (Lipinski definition) is 2. The number of pyridine rings is 1. The van der Waals surface area contributed by atoms with Gasteiger partial charge in [0.2, 0.25) is 5.91 Å². The number of carboxylic acid groups (broad SMARTS) is 1. The van der Waals surface area contributed by atoms with Crippen LogP contribution in [0.2, 0.25) is 0 Å². The van der Waals surface area contributed by atoms with E-state index in [2.05, 4.69) is 4.98 Å². The monoisotopic (exact) mass is 221 g/mol. The quantitative estimate of drug-likeness (QED) is 0.738. The van der Waals surface area contributed by atoms with Crippen LogP contribution < -0.4 is 10.6 Å². The number of carboxylic acids is 1. The van der Waals surface area contributed by atoms with Crippen molar-refractivity contribution >= 4 is 23.4 Å². The zero-order valence-corrected chi connectivity index (χ0v) is 8.46. The van der Waals surface area contributed by atoms with E-state index in [1.165, 1.54) is 11.1 Å². The number of carbonyl (C=O) groups is 2. The van der Waals surface area contributed by atoms with Gasteiger partial charge in [-0.2, -0.15) is 0 Å². The van der Waals surface area contributed by atoms with E-state index in [1.54, 1.807) is 12.1 Å². The standard InChI is InChI=1S/C10H11N3O3/c11-7-1-2-8(12-4-7)13-5-6(10(15)16)3-9(13)14/h1-2,4,6H,3,5,11H2,(H,15,16). The zero-order valence-electron chi connectivity index (χ0n) is 8.46. The summed E-state index contributed by atoms with van der Waals surface area (Å²) in [6, 6.07) is 3.24. The van der Waals surface area contributed by atoms with Gasteiger partial charge in [0.1, 0.15) is 5.82 Å². The van der Waals surface area contributed by atoms with Crippen molar-refractivity contribution in [3.63, 3.8) is 0 Å². The fourth-order valence-electron chi connectivity index (χ4n) is 1.65. The predicted molar refractivity (Wildman–Crippen MR) is 56.7 cm³/mol. The summed E-state index contributed by atoms with van der Waals surface area (Å²) in [6.45, 7) is 0.172. The largest absolute Gasteiger partial charge is 0.481 e. The molecule has 0 radical (unpaired) electrons. The lowest BCUT2D eigenvalue weighted by atomic mass is 10.1. The van der Waals surface area contributed by atoms with Crippen LogP contribution in [0.25, 0.3) is 0 Å². The van der Waals surface area contributed by atoms with Gasteiger partial charge in [-0.25, -0.2) is 4.98 Å². The van der Waals surface area contributed by atoms with E-state index in [9.17, 15) is 9.59 Å². The third-order valence-corrected chi connectivity index (χ3v) is 2.52. The van der Waals surface area contributed by atoms with E-state index in [1.807, 2.05) is 0 Å². The maximum Gasteiger partial charge on any atom is 0.308 e. The van der Waals surface area contributed by atoms with E-state index in [4.69, 9.17) is 10.8 Å². The highest BCUT2D eigenvalue weighted by Gasteiger charge is 2.35. The molecule has 1 aromatic rings. The van der Waals surface area contributed by atoms with Gasteiger partial charge < -0.3 is 10.8 Å². The van der Waals surface area contributed by atoms with Gasteiger partial charge in [-0.3, -0.25) is 14.5 Å². The van der Waals surface area contributed by atoms with Crippen LogP contribution in [0.1, 0.15) is 6.42 Å². The van der Waals surface area contributed by atoms with Crippen molar-refractivity contribution in [1.29, 1.82) is 0 Å². The molecule has 6 nitrogen and oxygen atoms in total. The maximum absolute atomic E-state index is 11.6. The highest BCUT2D eigenvalue weighted by Crippen LogP contribution is 2.23. The molecule has 0 aliphatic carbocycles. The highest BCUT2D eigenvalue weighted by molar-refractivity contribution is 5.98. The lowest BCUT2D eigenvalue weighted by Crippen LogP contribution is -2.26. The predicted octanol–water partition coefficient (Wildman–Crippen LogP) is 0.101. The first-order chi connectivity index (χ1) is 7.58. The average molecular weight is 221 g/mol. The van der Waals surface area contributed by atoms with Gasteiger partial charge in [0.25, 0.3) is 0 Å². The first-order valence-electron chi connectivity index (χ1n) is 4.82.